The number of hydrogen-bond acceptors (Lipinski definition) is 10. The summed E-state index contributed by atoms with van der Waals surface area (Å²) in [6.45, 7) is 1.64. The predicted molar refractivity (Wildman–Crippen MR) is 127 cm³/mol. The SMILES string of the molecule is Cc1ccc(NC(=O)c2cc([N+](=O)[O-])cc([N+](=O)[O-])c2)c(NC(=O)c2cc([N+](=O)[O-])cc([N+](=O)[O-])c2)c1. The van der Waals surface area contributed by atoms with Crippen LogP contribution in [0.4, 0.5) is 34.1 Å². The van der Waals surface area contributed by atoms with Crippen LogP contribution in [0.25, 0.3) is 0 Å². The summed E-state index contributed by atoms with van der Waals surface area (Å²) in [5.41, 5.74) is -3.03. The Kier molecular flexibility index (Phi) is 7.13. The third-order valence-electron chi connectivity index (χ3n) is 4.84. The van der Waals surface area contributed by atoms with Crippen LogP contribution in [0.3, 0.4) is 0 Å². The van der Waals surface area contributed by atoms with E-state index < -0.39 is 65.4 Å². The number of aryl methyl sites for hydroxylation is 1. The molecule has 0 aliphatic carbocycles. The van der Waals surface area contributed by atoms with Crippen LogP contribution in [0.15, 0.2) is 54.6 Å². The highest BCUT2D eigenvalue weighted by Gasteiger charge is 2.23. The van der Waals surface area contributed by atoms with Gasteiger partial charge in [0.05, 0.1) is 54.3 Å². The normalized spacial score (nSPS) is 10.3. The van der Waals surface area contributed by atoms with E-state index in [1.165, 1.54) is 12.1 Å². The van der Waals surface area contributed by atoms with E-state index in [-0.39, 0.29) is 11.4 Å². The Morgan fingerprint density at radius 2 is 0.919 bits per heavy atom. The molecule has 188 valence electrons. The molecule has 0 aromatic heterocycles. The number of anilines is 2. The first-order valence-corrected chi connectivity index (χ1v) is 9.97. The number of carbonyl (C=O) groups is 2. The first-order chi connectivity index (χ1) is 17.3. The van der Waals surface area contributed by atoms with Crippen molar-refractivity contribution in [3.05, 3.63) is 112 Å². The second kappa shape index (κ2) is 10.2. The number of benzene rings is 3. The average molecular weight is 510 g/mol. The Morgan fingerprint density at radius 1 is 0.568 bits per heavy atom. The second-order valence-electron chi connectivity index (χ2n) is 7.46. The molecule has 0 spiro atoms. The summed E-state index contributed by atoms with van der Waals surface area (Å²) < 4.78 is 0. The number of amides is 2. The van der Waals surface area contributed by atoms with Crippen molar-refractivity contribution in [2.45, 2.75) is 6.92 Å². The lowest BCUT2D eigenvalue weighted by Crippen LogP contribution is -2.17. The van der Waals surface area contributed by atoms with Gasteiger partial charge >= 0.3 is 0 Å². The van der Waals surface area contributed by atoms with Crippen LogP contribution in [0.5, 0.6) is 0 Å². The highest BCUT2D eigenvalue weighted by atomic mass is 16.6. The first kappa shape index (κ1) is 25.8. The van der Waals surface area contributed by atoms with E-state index in [1.54, 1.807) is 13.0 Å². The number of nitro benzene ring substituents is 4. The molecule has 3 aromatic rings. The largest absolute Gasteiger partial charge is 0.320 e. The lowest BCUT2D eigenvalue weighted by atomic mass is 10.1. The molecule has 16 heteroatoms. The number of carbonyl (C=O) groups excluding carboxylic acids is 2. The van der Waals surface area contributed by atoms with Crippen molar-refractivity contribution in [2.75, 3.05) is 10.6 Å². The van der Waals surface area contributed by atoms with Gasteiger partial charge in [-0.3, -0.25) is 50.0 Å². The Balaban J connectivity index is 1.96. The molecular weight excluding hydrogens is 496 g/mol. The second-order valence-corrected chi connectivity index (χ2v) is 7.46. The zero-order chi connectivity index (χ0) is 27.4. The Hall–Kier alpha value is -5.80. The molecule has 3 rings (SSSR count). The highest BCUT2D eigenvalue weighted by molar-refractivity contribution is 6.10. The van der Waals surface area contributed by atoms with Crippen LogP contribution in [0.2, 0.25) is 0 Å². The Morgan fingerprint density at radius 3 is 1.27 bits per heavy atom. The van der Waals surface area contributed by atoms with Gasteiger partial charge in [0.1, 0.15) is 0 Å². The van der Waals surface area contributed by atoms with Gasteiger partial charge in [-0.15, -0.1) is 0 Å². The smallest absolute Gasteiger partial charge is 0.277 e. The van der Waals surface area contributed by atoms with Gasteiger partial charge in [0.2, 0.25) is 0 Å². The van der Waals surface area contributed by atoms with E-state index >= 15 is 0 Å². The fourth-order valence-corrected chi connectivity index (χ4v) is 3.13. The lowest BCUT2D eigenvalue weighted by molar-refractivity contribution is -0.394. The van der Waals surface area contributed by atoms with Crippen molar-refractivity contribution in [1.29, 1.82) is 0 Å². The zero-order valence-electron chi connectivity index (χ0n) is 18.6. The van der Waals surface area contributed by atoms with Gasteiger partial charge in [-0.25, -0.2) is 0 Å². The fourth-order valence-electron chi connectivity index (χ4n) is 3.13. The minimum Gasteiger partial charge on any atom is -0.320 e. The van der Waals surface area contributed by atoms with E-state index in [0.717, 1.165) is 24.3 Å². The minimum atomic E-state index is -0.975. The standard InChI is InChI=1S/C21H14N6O10/c1-11-2-3-18(22-20(28)12-5-14(24(30)31)9-15(6-12)25(32)33)19(4-11)23-21(29)13-7-16(26(34)35)10-17(8-13)27(36)37/h2-10H,1H3,(H,22,28)(H,23,29). The summed E-state index contributed by atoms with van der Waals surface area (Å²) in [5.74, 6) is -1.95. The highest BCUT2D eigenvalue weighted by Crippen LogP contribution is 2.28. The molecule has 16 nitrogen and oxygen atoms in total. The van der Waals surface area contributed by atoms with Crippen molar-refractivity contribution in [3.8, 4) is 0 Å². The monoisotopic (exact) mass is 510 g/mol. The number of nitrogens with one attached hydrogen (secondary N) is 2. The minimum absolute atomic E-state index is 0.0209. The van der Waals surface area contributed by atoms with Crippen LogP contribution in [-0.2, 0) is 0 Å². The molecule has 2 N–H and O–H groups in total. The molecule has 2 amide bonds. The van der Waals surface area contributed by atoms with Crippen LogP contribution in [-0.4, -0.2) is 31.5 Å². The topological polar surface area (TPSA) is 231 Å². The quantitative estimate of drug-likeness (QED) is 0.325. The molecule has 0 saturated carbocycles. The number of hydrogen-bond donors (Lipinski definition) is 2. The summed E-state index contributed by atoms with van der Waals surface area (Å²) in [7, 11) is 0. The van der Waals surface area contributed by atoms with Crippen molar-refractivity contribution < 1.29 is 29.3 Å². The summed E-state index contributed by atoms with van der Waals surface area (Å²) in [5, 5.41) is 49.2. The molecule has 0 unspecified atom stereocenters. The molecule has 0 aliphatic heterocycles. The van der Waals surface area contributed by atoms with Crippen molar-refractivity contribution in [3.63, 3.8) is 0 Å². The van der Waals surface area contributed by atoms with Gasteiger partial charge in [0, 0.05) is 24.3 Å². The fraction of sp³-hybridized carbons (Fsp3) is 0.0476. The first-order valence-electron chi connectivity index (χ1n) is 9.97. The number of non-ortho nitro benzene ring substituents is 4. The Bertz CT molecular complexity index is 1440. The van der Waals surface area contributed by atoms with E-state index in [4.69, 9.17) is 0 Å². The van der Waals surface area contributed by atoms with Gasteiger partial charge in [-0.1, -0.05) is 6.07 Å². The third kappa shape index (κ3) is 6.01. The van der Waals surface area contributed by atoms with E-state index in [9.17, 15) is 50.0 Å². The van der Waals surface area contributed by atoms with Crippen molar-refractivity contribution >= 4 is 45.9 Å². The Labute approximate surface area is 205 Å². The molecular formula is C21H14N6O10. The molecule has 0 heterocycles. The molecule has 0 fully saturated rings. The van der Waals surface area contributed by atoms with Crippen molar-refractivity contribution in [2.24, 2.45) is 0 Å². The van der Waals surface area contributed by atoms with Gasteiger partial charge in [0.25, 0.3) is 34.6 Å². The van der Waals surface area contributed by atoms with Crippen LogP contribution < -0.4 is 10.6 Å². The molecule has 0 bridgehead atoms. The van der Waals surface area contributed by atoms with E-state index in [0.29, 0.717) is 17.7 Å². The number of rotatable bonds is 8. The van der Waals surface area contributed by atoms with Gasteiger partial charge in [-0.2, -0.15) is 0 Å². The molecule has 0 radical (unpaired) electrons. The summed E-state index contributed by atoms with van der Waals surface area (Å²) in [4.78, 5) is 66.4. The number of nitrogens with zero attached hydrogens (tertiary/aromatic N) is 4. The maximum absolute atomic E-state index is 12.8. The molecule has 37 heavy (non-hydrogen) atoms. The molecule has 0 aliphatic rings. The predicted octanol–water partition coefficient (Wildman–Crippen LogP) is 4.13. The van der Waals surface area contributed by atoms with Gasteiger partial charge in [-0.05, 0) is 24.6 Å². The zero-order valence-corrected chi connectivity index (χ0v) is 18.6. The van der Waals surface area contributed by atoms with Crippen LogP contribution in [0, 0.1) is 47.4 Å². The average Bonchev–Trinajstić information content (AvgIpc) is 2.84. The maximum Gasteiger partial charge on any atom is 0.277 e. The van der Waals surface area contributed by atoms with Gasteiger partial charge in [0.15, 0.2) is 0 Å². The van der Waals surface area contributed by atoms with Gasteiger partial charge < -0.3 is 10.6 Å². The summed E-state index contributed by atoms with van der Waals surface area (Å²) in [6, 6.07) is 9.02. The van der Waals surface area contributed by atoms with E-state index in [2.05, 4.69) is 10.6 Å². The lowest BCUT2D eigenvalue weighted by Gasteiger charge is -2.13. The third-order valence-corrected chi connectivity index (χ3v) is 4.84. The van der Waals surface area contributed by atoms with E-state index in [1.807, 2.05) is 0 Å². The summed E-state index contributed by atoms with van der Waals surface area (Å²) >= 11 is 0. The molecule has 0 saturated heterocycles. The van der Waals surface area contributed by atoms with Crippen molar-refractivity contribution in [1.82, 2.24) is 0 Å². The maximum atomic E-state index is 12.8. The molecule has 0 atom stereocenters. The molecule has 3 aromatic carbocycles. The van der Waals surface area contributed by atoms with Crippen LogP contribution >= 0.6 is 0 Å². The summed E-state index contributed by atoms with van der Waals surface area (Å²) in [6.07, 6.45) is 0. The number of nitro groups is 4. The van der Waals surface area contributed by atoms with Crippen LogP contribution in [0.1, 0.15) is 26.3 Å².